The Balaban J connectivity index is 1.44. The van der Waals surface area contributed by atoms with Gasteiger partial charge in [-0.15, -0.1) is 0 Å². The maximum absolute atomic E-state index is 6.26. The molecule has 0 amide bonds. The van der Waals surface area contributed by atoms with Crippen molar-refractivity contribution < 1.29 is 9.47 Å². The van der Waals surface area contributed by atoms with E-state index in [2.05, 4.69) is 46.4 Å². The molecule has 2 aromatic heterocycles. The van der Waals surface area contributed by atoms with Gasteiger partial charge in [0.2, 0.25) is 5.88 Å². The van der Waals surface area contributed by atoms with Crippen molar-refractivity contribution in [3.05, 3.63) is 48.2 Å². The third kappa shape index (κ3) is 4.50. The quantitative estimate of drug-likeness (QED) is 0.680. The van der Waals surface area contributed by atoms with Gasteiger partial charge in [0.25, 0.3) is 0 Å². The molecule has 0 unspecified atom stereocenters. The Bertz CT molecular complexity index is 1040. The second-order valence-electron chi connectivity index (χ2n) is 8.51. The number of ether oxygens (including phenoxy) is 2. The van der Waals surface area contributed by atoms with Crippen LogP contribution in [0.3, 0.4) is 0 Å². The molecular weight excluding hydrogens is 388 g/mol. The van der Waals surface area contributed by atoms with E-state index < -0.39 is 0 Å². The Morgan fingerprint density at radius 3 is 2.90 bits per heavy atom. The molecule has 1 aromatic carbocycles. The lowest BCUT2D eigenvalue weighted by molar-refractivity contribution is 0.122. The predicted octanol–water partition coefficient (Wildman–Crippen LogP) is 3.82. The van der Waals surface area contributed by atoms with Gasteiger partial charge >= 0.3 is 0 Å². The first kappa shape index (κ1) is 20.2. The third-order valence-electron chi connectivity index (χ3n) is 6.26. The topological polar surface area (TPSA) is 59.5 Å². The number of piperidine rings is 1. The molecule has 2 fully saturated rings. The molecule has 2 aliphatic rings. The minimum atomic E-state index is 0.529. The van der Waals surface area contributed by atoms with Crippen LogP contribution in [0.15, 0.2) is 42.6 Å². The number of pyridine rings is 2. The van der Waals surface area contributed by atoms with E-state index in [0.717, 1.165) is 61.6 Å². The van der Waals surface area contributed by atoms with Gasteiger partial charge in [-0.1, -0.05) is 6.07 Å². The predicted molar refractivity (Wildman–Crippen MR) is 124 cm³/mol. The Morgan fingerprint density at radius 1 is 1.19 bits per heavy atom. The van der Waals surface area contributed by atoms with Crippen LogP contribution in [0.4, 0.5) is 5.69 Å². The highest BCUT2D eigenvalue weighted by molar-refractivity contribution is 5.87. The summed E-state index contributed by atoms with van der Waals surface area (Å²) in [5.41, 5.74) is 5.43. The molecule has 0 aliphatic carbocycles. The smallest absolute Gasteiger partial charge is 0.223 e. The van der Waals surface area contributed by atoms with Gasteiger partial charge in [0.15, 0.2) is 0 Å². The first-order valence-electron chi connectivity index (χ1n) is 11.3. The molecule has 1 atom stereocenters. The molecule has 162 valence electrons. The number of aryl methyl sites for hydroxylation is 1. The van der Waals surface area contributed by atoms with Gasteiger partial charge in [0, 0.05) is 43.0 Å². The summed E-state index contributed by atoms with van der Waals surface area (Å²) in [6.45, 7) is 8.42. The van der Waals surface area contributed by atoms with Gasteiger partial charge in [-0.3, -0.25) is 4.98 Å². The summed E-state index contributed by atoms with van der Waals surface area (Å²) in [4.78, 5) is 11.9. The lowest BCUT2D eigenvalue weighted by Gasteiger charge is -2.30. The Kier molecular flexibility index (Phi) is 6.00. The summed E-state index contributed by atoms with van der Waals surface area (Å²) in [7, 11) is 0. The molecule has 2 aliphatic heterocycles. The number of benzene rings is 1. The van der Waals surface area contributed by atoms with Crippen LogP contribution in [-0.4, -0.2) is 56.0 Å². The van der Waals surface area contributed by atoms with Crippen LogP contribution in [0.25, 0.3) is 22.2 Å². The molecule has 1 N–H and O–H groups in total. The van der Waals surface area contributed by atoms with Gasteiger partial charge in [0.05, 0.1) is 36.4 Å². The first-order chi connectivity index (χ1) is 15.3. The fourth-order valence-corrected chi connectivity index (χ4v) is 4.54. The molecule has 6 heteroatoms. The van der Waals surface area contributed by atoms with Crippen LogP contribution in [0, 0.1) is 12.8 Å². The van der Waals surface area contributed by atoms with Crippen LogP contribution in [-0.2, 0) is 4.74 Å². The van der Waals surface area contributed by atoms with Crippen molar-refractivity contribution in [3.8, 4) is 17.1 Å². The van der Waals surface area contributed by atoms with Crippen LogP contribution in [0.1, 0.15) is 18.4 Å². The lowest BCUT2D eigenvalue weighted by Crippen LogP contribution is -2.36. The van der Waals surface area contributed by atoms with Crippen molar-refractivity contribution >= 4 is 16.6 Å². The van der Waals surface area contributed by atoms with E-state index >= 15 is 0 Å². The summed E-state index contributed by atoms with van der Waals surface area (Å²) < 4.78 is 11.8. The largest absolute Gasteiger partial charge is 0.477 e. The average molecular weight is 419 g/mol. The minimum absolute atomic E-state index is 0.529. The van der Waals surface area contributed by atoms with E-state index in [1.165, 1.54) is 24.1 Å². The summed E-state index contributed by atoms with van der Waals surface area (Å²) in [5.74, 6) is 1.21. The van der Waals surface area contributed by atoms with Crippen LogP contribution < -0.4 is 15.0 Å². The van der Waals surface area contributed by atoms with Crippen LogP contribution >= 0.6 is 0 Å². The standard InChI is InChI=1S/C25H30N4O2/c1-18-14-20(6-7-24(18)29-10-12-30-13-11-29)22-15-23-21(5-3-9-27-23)25(28-22)31-17-19-4-2-8-26-16-19/h3,5-7,9,14-15,19,26H,2,4,8,10-13,16-17H2,1H3/t19-/m0/s1. The van der Waals surface area contributed by atoms with E-state index in [0.29, 0.717) is 18.4 Å². The number of rotatable bonds is 5. The zero-order valence-corrected chi connectivity index (χ0v) is 18.1. The van der Waals surface area contributed by atoms with E-state index in [1.807, 2.05) is 18.3 Å². The second-order valence-corrected chi connectivity index (χ2v) is 8.51. The highest BCUT2D eigenvalue weighted by Gasteiger charge is 2.17. The number of hydrogen-bond donors (Lipinski definition) is 1. The highest BCUT2D eigenvalue weighted by Crippen LogP contribution is 2.31. The molecule has 6 nitrogen and oxygen atoms in total. The number of fused-ring (bicyclic) bond motifs is 1. The molecule has 3 aromatic rings. The Hall–Kier alpha value is -2.70. The summed E-state index contributed by atoms with van der Waals surface area (Å²) in [6.07, 6.45) is 4.23. The van der Waals surface area contributed by atoms with Crippen molar-refractivity contribution in [1.29, 1.82) is 0 Å². The van der Waals surface area contributed by atoms with Gasteiger partial charge in [-0.05, 0) is 62.2 Å². The molecule has 4 heterocycles. The van der Waals surface area contributed by atoms with Gasteiger partial charge in [-0.25, -0.2) is 4.98 Å². The molecule has 0 saturated carbocycles. The fraction of sp³-hybridized carbons (Fsp3) is 0.440. The number of morpholine rings is 1. The van der Waals surface area contributed by atoms with E-state index in [9.17, 15) is 0 Å². The van der Waals surface area contributed by atoms with Crippen LogP contribution in [0.5, 0.6) is 5.88 Å². The monoisotopic (exact) mass is 418 g/mol. The summed E-state index contributed by atoms with van der Waals surface area (Å²) >= 11 is 0. The number of hydrogen-bond acceptors (Lipinski definition) is 6. The van der Waals surface area contributed by atoms with Gasteiger partial charge < -0.3 is 19.7 Å². The number of nitrogens with zero attached hydrogens (tertiary/aromatic N) is 3. The number of nitrogens with one attached hydrogen (secondary N) is 1. The minimum Gasteiger partial charge on any atom is -0.477 e. The van der Waals surface area contributed by atoms with Crippen LogP contribution in [0.2, 0.25) is 0 Å². The molecule has 31 heavy (non-hydrogen) atoms. The fourth-order valence-electron chi connectivity index (χ4n) is 4.54. The lowest BCUT2D eigenvalue weighted by atomic mass is 10.0. The molecule has 5 rings (SSSR count). The zero-order chi connectivity index (χ0) is 21.0. The van der Waals surface area contributed by atoms with Gasteiger partial charge in [-0.2, -0.15) is 0 Å². The molecule has 0 radical (unpaired) electrons. The Labute approximate surface area is 183 Å². The first-order valence-corrected chi connectivity index (χ1v) is 11.3. The van der Waals surface area contributed by atoms with Crippen molar-refractivity contribution in [2.45, 2.75) is 19.8 Å². The highest BCUT2D eigenvalue weighted by atomic mass is 16.5. The normalized spacial score (nSPS) is 19.5. The summed E-state index contributed by atoms with van der Waals surface area (Å²) in [5, 5.41) is 4.43. The average Bonchev–Trinajstić information content (AvgIpc) is 2.83. The Morgan fingerprint density at radius 2 is 2.10 bits per heavy atom. The van der Waals surface area contributed by atoms with Gasteiger partial charge in [0.1, 0.15) is 0 Å². The molecule has 0 bridgehead atoms. The number of aromatic nitrogens is 2. The van der Waals surface area contributed by atoms with E-state index in [-0.39, 0.29) is 0 Å². The molecule has 0 spiro atoms. The van der Waals surface area contributed by atoms with Crippen molar-refractivity contribution in [1.82, 2.24) is 15.3 Å². The van der Waals surface area contributed by atoms with E-state index in [4.69, 9.17) is 14.5 Å². The maximum atomic E-state index is 6.26. The van der Waals surface area contributed by atoms with Crippen molar-refractivity contribution in [2.75, 3.05) is 50.9 Å². The second kappa shape index (κ2) is 9.20. The third-order valence-corrected chi connectivity index (χ3v) is 6.26. The van der Waals surface area contributed by atoms with E-state index in [1.54, 1.807) is 0 Å². The van der Waals surface area contributed by atoms with Crippen molar-refractivity contribution in [3.63, 3.8) is 0 Å². The molecule has 2 saturated heterocycles. The number of anilines is 1. The summed E-state index contributed by atoms with van der Waals surface area (Å²) in [6, 6.07) is 12.6. The molecular formula is C25H30N4O2. The maximum Gasteiger partial charge on any atom is 0.223 e. The SMILES string of the molecule is Cc1cc(-c2cc3ncccc3c(OC[C@H]3CCCNC3)n2)ccc1N1CCOCC1. The zero-order valence-electron chi connectivity index (χ0n) is 18.1. The van der Waals surface area contributed by atoms with Crippen molar-refractivity contribution in [2.24, 2.45) is 5.92 Å².